The van der Waals surface area contributed by atoms with E-state index in [-0.39, 0.29) is 23.4 Å². The molecule has 0 N–H and O–H groups in total. The van der Waals surface area contributed by atoms with Gasteiger partial charge in [-0.05, 0) is 72.1 Å². The minimum absolute atomic E-state index is 0.0390. The van der Waals surface area contributed by atoms with Crippen LogP contribution in [0.1, 0.15) is 22.5 Å². The average molecular weight is 510 g/mol. The number of benzene rings is 3. The number of carbonyl (C=O) groups excluding carboxylic acids is 2. The van der Waals surface area contributed by atoms with E-state index in [4.69, 9.17) is 0 Å². The van der Waals surface area contributed by atoms with Crippen LogP contribution in [0.2, 0.25) is 0 Å². The first-order chi connectivity index (χ1) is 17.8. The lowest BCUT2D eigenvalue weighted by Gasteiger charge is -2.12. The third-order valence-corrected chi connectivity index (χ3v) is 7.26. The van der Waals surface area contributed by atoms with E-state index in [0.29, 0.717) is 10.5 Å². The molecule has 0 unspecified atom stereocenters. The van der Waals surface area contributed by atoms with Crippen LogP contribution in [0.25, 0.3) is 22.9 Å². The Morgan fingerprint density at radius 2 is 1.54 bits per heavy atom. The fourth-order valence-electron chi connectivity index (χ4n) is 4.45. The Morgan fingerprint density at radius 1 is 0.892 bits per heavy atom. The number of imide groups is 1. The number of thioether (sulfide) groups is 1. The van der Waals surface area contributed by atoms with Crippen molar-refractivity contribution in [2.24, 2.45) is 0 Å². The van der Waals surface area contributed by atoms with Gasteiger partial charge in [0.25, 0.3) is 16.8 Å². The van der Waals surface area contributed by atoms with Crippen LogP contribution in [0.15, 0.2) is 89.8 Å². The average Bonchev–Trinajstić information content (AvgIpc) is 3.33. The molecule has 1 fully saturated rings. The van der Waals surface area contributed by atoms with Crippen molar-refractivity contribution in [2.45, 2.75) is 20.4 Å². The van der Waals surface area contributed by atoms with Crippen molar-refractivity contribution in [3.05, 3.63) is 122 Å². The van der Waals surface area contributed by atoms with E-state index in [1.54, 1.807) is 18.2 Å². The summed E-state index contributed by atoms with van der Waals surface area (Å²) >= 11 is 0.904. The minimum atomic E-state index is -0.485. The lowest BCUT2D eigenvalue weighted by atomic mass is 10.1. The summed E-state index contributed by atoms with van der Waals surface area (Å²) in [6.07, 6.45) is 1.76. The Kier molecular flexibility index (Phi) is 6.50. The summed E-state index contributed by atoms with van der Waals surface area (Å²) in [4.78, 5) is 37.6. The molecule has 7 nitrogen and oxygen atoms in total. The first kappa shape index (κ1) is 24.3. The number of nitro benzene ring substituents is 1. The first-order valence-electron chi connectivity index (χ1n) is 11.7. The molecule has 0 bridgehead atoms. The highest BCUT2D eigenvalue weighted by Gasteiger charge is 2.35. The zero-order valence-corrected chi connectivity index (χ0v) is 21.1. The zero-order valence-electron chi connectivity index (χ0n) is 20.3. The molecule has 0 atom stereocenters. The second-order valence-corrected chi connectivity index (χ2v) is 9.76. The van der Waals surface area contributed by atoms with Crippen LogP contribution in [0.4, 0.5) is 10.5 Å². The van der Waals surface area contributed by atoms with Crippen molar-refractivity contribution in [2.75, 3.05) is 0 Å². The van der Waals surface area contributed by atoms with E-state index >= 15 is 0 Å². The lowest BCUT2D eigenvalue weighted by molar-refractivity contribution is -0.384. The standard InChI is InChI=1S/C29H23N3O4S/c1-19-16-24(20(2)31(19)25-14-10-23(11-15-25)22-6-4-3-5-7-22)17-27-28(33)30(29(34)37-27)18-21-8-12-26(13-9-21)32(35)36/h3-17H,18H2,1-2H3/b27-17-. The Bertz CT molecular complexity index is 1540. The molecular formula is C29H23N3O4S. The maximum Gasteiger partial charge on any atom is 0.293 e. The fourth-order valence-corrected chi connectivity index (χ4v) is 5.28. The van der Waals surface area contributed by atoms with Gasteiger partial charge >= 0.3 is 0 Å². The van der Waals surface area contributed by atoms with Crippen LogP contribution in [0, 0.1) is 24.0 Å². The van der Waals surface area contributed by atoms with Gasteiger partial charge in [0, 0.05) is 29.2 Å². The molecular weight excluding hydrogens is 486 g/mol. The number of hydrogen-bond donors (Lipinski definition) is 0. The van der Waals surface area contributed by atoms with Crippen molar-refractivity contribution in [3.8, 4) is 16.8 Å². The number of hydrogen-bond acceptors (Lipinski definition) is 5. The van der Waals surface area contributed by atoms with Gasteiger partial charge in [0.2, 0.25) is 0 Å². The molecule has 0 spiro atoms. The lowest BCUT2D eigenvalue weighted by Crippen LogP contribution is -2.27. The summed E-state index contributed by atoms with van der Waals surface area (Å²) in [5, 5.41) is 10.5. The summed E-state index contributed by atoms with van der Waals surface area (Å²) in [6.45, 7) is 4.06. The molecule has 1 aromatic heterocycles. The first-order valence-corrected chi connectivity index (χ1v) is 12.5. The van der Waals surface area contributed by atoms with E-state index in [2.05, 4.69) is 41.0 Å². The van der Waals surface area contributed by atoms with E-state index < -0.39 is 4.92 Å². The van der Waals surface area contributed by atoms with E-state index in [0.717, 1.165) is 45.5 Å². The number of amides is 2. The Hall–Kier alpha value is -4.43. The molecule has 37 heavy (non-hydrogen) atoms. The number of non-ortho nitro benzene ring substituents is 1. The van der Waals surface area contributed by atoms with Gasteiger partial charge < -0.3 is 4.57 Å². The molecule has 0 saturated carbocycles. The van der Waals surface area contributed by atoms with Crippen molar-refractivity contribution in [1.29, 1.82) is 0 Å². The van der Waals surface area contributed by atoms with Crippen molar-refractivity contribution >= 4 is 34.7 Å². The summed E-state index contributed by atoms with van der Waals surface area (Å²) in [6, 6.07) is 26.4. The van der Waals surface area contributed by atoms with Gasteiger partial charge in [-0.3, -0.25) is 24.6 Å². The number of aryl methyl sites for hydroxylation is 1. The number of nitro groups is 1. The molecule has 8 heteroatoms. The minimum Gasteiger partial charge on any atom is -0.318 e. The highest BCUT2D eigenvalue weighted by Crippen LogP contribution is 2.35. The van der Waals surface area contributed by atoms with Gasteiger partial charge in [0.05, 0.1) is 16.4 Å². The molecule has 4 aromatic rings. The molecule has 2 amide bonds. The third-order valence-electron chi connectivity index (χ3n) is 6.35. The quantitative estimate of drug-likeness (QED) is 0.160. The van der Waals surface area contributed by atoms with E-state index in [1.807, 2.05) is 38.1 Å². The van der Waals surface area contributed by atoms with Crippen molar-refractivity contribution in [1.82, 2.24) is 9.47 Å². The summed E-state index contributed by atoms with van der Waals surface area (Å²) in [5.74, 6) is -0.370. The number of aromatic nitrogens is 1. The van der Waals surface area contributed by atoms with Gasteiger partial charge in [-0.1, -0.05) is 54.6 Å². The highest BCUT2D eigenvalue weighted by molar-refractivity contribution is 8.18. The normalized spacial score (nSPS) is 14.5. The Morgan fingerprint density at radius 3 is 2.19 bits per heavy atom. The van der Waals surface area contributed by atoms with Crippen LogP contribution >= 0.6 is 11.8 Å². The van der Waals surface area contributed by atoms with Crippen molar-refractivity contribution in [3.63, 3.8) is 0 Å². The second kappa shape index (κ2) is 9.91. The van der Waals surface area contributed by atoms with Crippen LogP contribution in [0.3, 0.4) is 0 Å². The molecule has 184 valence electrons. The number of rotatable bonds is 6. The SMILES string of the molecule is Cc1cc(/C=C2\SC(=O)N(Cc3ccc([N+](=O)[O-])cc3)C2=O)c(C)n1-c1ccc(-c2ccccc2)cc1. The van der Waals surface area contributed by atoms with Crippen molar-refractivity contribution < 1.29 is 14.5 Å². The summed E-state index contributed by atoms with van der Waals surface area (Å²) in [5.41, 5.74) is 6.75. The van der Waals surface area contributed by atoms with Gasteiger partial charge in [-0.15, -0.1) is 0 Å². The van der Waals surface area contributed by atoms with E-state index in [9.17, 15) is 19.7 Å². The summed E-state index contributed by atoms with van der Waals surface area (Å²) in [7, 11) is 0. The van der Waals surface area contributed by atoms with E-state index in [1.165, 1.54) is 17.0 Å². The molecule has 1 saturated heterocycles. The predicted molar refractivity (Wildman–Crippen MR) is 145 cm³/mol. The van der Waals surface area contributed by atoms with Gasteiger partial charge in [-0.25, -0.2) is 0 Å². The smallest absolute Gasteiger partial charge is 0.293 e. The monoisotopic (exact) mass is 509 g/mol. The molecule has 5 rings (SSSR count). The molecule has 1 aliphatic rings. The third kappa shape index (κ3) is 4.83. The van der Waals surface area contributed by atoms with Crippen LogP contribution in [-0.4, -0.2) is 25.5 Å². The van der Waals surface area contributed by atoms with Crippen LogP contribution in [0.5, 0.6) is 0 Å². The largest absolute Gasteiger partial charge is 0.318 e. The topological polar surface area (TPSA) is 85.5 Å². The Labute approximate surface area is 218 Å². The maximum absolute atomic E-state index is 13.0. The van der Waals surface area contributed by atoms with Crippen LogP contribution < -0.4 is 0 Å². The highest BCUT2D eigenvalue weighted by atomic mass is 32.2. The van der Waals surface area contributed by atoms with Crippen LogP contribution in [-0.2, 0) is 11.3 Å². The maximum atomic E-state index is 13.0. The number of carbonyl (C=O) groups is 2. The Balaban J connectivity index is 1.37. The molecule has 3 aromatic carbocycles. The summed E-state index contributed by atoms with van der Waals surface area (Å²) < 4.78 is 2.13. The molecule has 2 heterocycles. The predicted octanol–water partition coefficient (Wildman–Crippen LogP) is 6.91. The number of nitrogens with zero attached hydrogens (tertiary/aromatic N) is 3. The molecule has 0 radical (unpaired) electrons. The zero-order chi connectivity index (χ0) is 26.1. The molecule has 0 aliphatic carbocycles. The van der Waals surface area contributed by atoms with Gasteiger partial charge in [0.15, 0.2) is 0 Å². The second-order valence-electron chi connectivity index (χ2n) is 8.77. The molecule has 1 aliphatic heterocycles. The van der Waals surface area contributed by atoms with Gasteiger partial charge in [0.1, 0.15) is 0 Å². The fraction of sp³-hybridized carbons (Fsp3) is 0.103. The van der Waals surface area contributed by atoms with Gasteiger partial charge in [-0.2, -0.15) is 0 Å².